The van der Waals surface area contributed by atoms with Crippen LogP contribution in [0.1, 0.15) is 5.56 Å². The SMILES string of the molecule is COCCN(C)Cc1ccc(-c2cc3cncnc3[nH]2)cc1. The van der Waals surface area contributed by atoms with Crippen LogP contribution in [0.25, 0.3) is 22.3 Å². The largest absolute Gasteiger partial charge is 0.383 e. The topological polar surface area (TPSA) is 54.0 Å². The van der Waals surface area contributed by atoms with E-state index in [1.807, 2.05) is 6.20 Å². The van der Waals surface area contributed by atoms with Gasteiger partial charge in [-0.2, -0.15) is 0 Å². The van der Waals surface area contributed by atoms with Crippen molar-refractivity contribution in [2.24, 2.45) is 0 Å². The van der Waals surface area contributed by atoms with Crippen LogP contribution in [0.3, 0.4) is 0 Å². The quantitative estimate of drug-likeness (QED) is 0.760. The summed E-state index contributed by atoms with van der Waals surface area (Å²) in [5.74, 6) is 0. The first-order valence-corrected chi connectivity index (χ1v) is 7.32. The number of likely N-dealkylation sites (N-methyl/N-ethyl adjacent to an activating group) is 1. The van der Waals surface area contributed by atoms with Crippen LogP contribution in [0.5, 0.6) is 0 Å². The van der Waals surface area contributed by atoms with E-state index >= 15 is 0 Å². The molecule has 0 aliphatic carbocycles. The van der Waals surface area contributed by atoms with Crippen LogP contribution in [0.4, 0.5) is 0 Å². The number of ether oxygens (including phenoxy) is 1. The number of hydrogen-bond donors (Lipinski definition) is 1. The lowest BCUT2D eigenvalue weighted by molar-refractivity contribution is 0.158. The van der Waals surface area contributed by atoms with E-state index in [-0.39, 0.29) is 0 Å². The Morgan fingerprint density at radius 3 is 2.77 bits per heavy atom. The van der Waals surface area contributed by atoms with Crippen molar-refractivity contribution < 1.29 is 4.74 Å². The lowest BCUT2D eigenvalue weighted by atomic mass is 10.1. The molecule has 5 nitrogen and oxygen atoms in total. The highest BCUT2D eigenvalue weighted by molar-refractivity contribution is 5.82. The van der Waals surface area contributed by atoms with Crippen LogP contribution in [0.15, 0.2) is 42.9 Å². The van der Waals surface area contributed by atoms with Crippen LogP contribution in [0.2, 0.25) is 0 Å². The molecule has 5 heteroatoms. The van der Waals surface area contributed by atoms with E-state index < -0.39 is 0 Å². The molecule has 0 unspecified atom stereocenters. The molecule has 0 saturated heterocycles. The normalized spacial score (nSPS) is 11.4. The number of aromatic nitrogens is 3. The Bertz CT molecular complexity index is 703. The van der Waals surface area contributed by atoms with Gasteiger partial charge in [0, 0.05) is 37.5 Å². The third-order valence-corrected chi connectivity index (χ3v) is 3.69. The summed E-state index contributed by atoms with van der Waals surface area (Å²) in [6.45, 7) is 2.60. The van der Waals surface area contributed by atoms with Crippen molar-refractivity contribution in [2.45, 2.75) is 6.54 Å². The fraction of sp³-hybridized carbons (Fsp3) is 0.294. The molecular weight excluding hydrogens is 276 g/mol. The van der Waals surface area contributed by atoms with Gasteiger partial charge in [-0.05, 0) is 24.2 Å². The van der Waals surface area contributed by atoms with E-state index in [1.54, 1.807) is 13.4 Å². The minimum Gasteiger partial charge on any atom is -0.383 e. The second-order valence-corrected chi connectivity index (χ2v) is 5.44. The maximum absolute atomic E-state index is 5.10. The number of aromatic amines is 1. The molecule has 1 N–H and O–H groups in total. The minimum absolute atomic E-state index is 0.755. The Morgan fingerprint density at radius 1 is 1.23 bits per heavy atom. The van der Waals surface area contributed by atoms with Gasteiger partial charge >= 0.3 is 0 Å². The maximum Gasteiger partial charge on any atom is 0.141 e. The number of nitrogens with one attached hydrogen (secondary N) is 1. The highest BCUT2D eigenvalue weighted by Gasteiger charge is 2.05. The van der Waals surface area contributed by atoms with Crippen molar-refractivity contribution in [2.75, 3.05) is 27.3 Å². The van der Waals surface area contributed by atoms with Gasteiger partial charge < -0.3 is 9.72 Å². The lowest BCUT2D eigenvalue weighted by Gasteiger charge is -2.16. The summed E-state index contributed by atoms with van der Waals surface area (Å²) in [5.41, 5.74) is 4.38. The molecule has 0 atom stereocenters. The minimum atomic E-state index is 0.755. The van der Waals surface area contributed by atoms with Gasteiger partial charge in [-0.25, -0.2) is 9.97 Å². The Hall–Kier alpha value is -2.24. The zero-order valence-corrected chi connectivity index (χ0v) is 12.9. The third-order valence-electron chi connectivity index (χ3n) is 3.69. The first kappa shape index (κ1) is 14.7. The van der Waals surface area contributed by atoms with Gasteiger partial charge in [-0.15, -0.1) is 0 Å². The smallest absolute Gasteiger partial charge is 0.141 e. The standard InChI is InChI=1S/C17H20N4O/c1-21(7-8-22-2)11-13-3-5-14(6-4-13)16-9-15-10-18-12-19-17(15)20-16/h3-6,9-10,12H,7-8,11H2,1-2H3,(H,18,19,20). The van der Waals surface area contributed by atoms with E-state index in [9.17, 15) is 0 Å². The zero-order valence-electron chi connectivity index (χ0n) is 12.9. The monoisotopic (exact) mass is 296 g/mol. The van der Waals surface area contributed by atoms with Gasteiger partial charge in [-0.1, -0.05) is 24.3 Å². The Labute approximate surface area is 130 Å². The van der Waals surface area contributed by atoms with Gasteiger partial charge in [0.15, 0.2) is 0 Å². The molecule has 0 amide bonds. The van der Waals surface area contributed by atoms with Crippen molar-refractivity contribution in [1.82, 2.24) is 19.9 Å². The van der Waals surface area contributed by atoms with Crippen molar-refractivity contribution in [3.8, 4) is 11.3 Å². The van der Waals surface area contributed by atoms with E-state index in [0.29, 0.717) is 0 Å². The summed E-state index contributed by atoms with van der Waals surface area (Å²) in [6, 6.07) is 10.7. The second kappa shape index (κ2) is 6.68. The van der Waals surface area contributed by atoms with Crippen molar-refractivity contribution in [1.29, 1.82) is 0 Å². The van der Waals surface area contributed by atoms with Gasteiger partial charge in [-0.3, -0.25) is 4.90 Å². The predicted molar refractivity (Wildman–Crippen MR) is 87.5 cm³/mol. The summed E-state index contributed by atoms with van der Waals surface area (Å²) in [6.07, 6.45) is 3.38. The van der Waals surface area contributed by atoms with E-state index in [0.717, 1.165) is 42.0 Å². The predicted octanol–water partition coefficient (Wildman–Crippen LogP) is 2.70. The molecule has 2 heterocycles. The Morgan fingerprint density at radius 2 is 2.05 bits per heavy atom. The fourth-order valence-corrected chi connectivity index (χ4v) is 2.45. The molecule has 0 spiro atoms. The number of fused-ring (bicyclic) bond motifs is 1. The fourth-order valence-electron chi connectivity index (χ4n) is 2.45. The highest BCUT2D eigenvalue weighted by Crippen LogP contribution is 2.23. The average molecular weight is 296 g/mol. The summed E-state index contributed by atoms with van der Waals surface area (Å²) in [7, 11) is 3.83. The zero-order chi connectivity index (χ0) is 15.4. The molecule has 22 heavy (non-hydrogen) atoms. The Kier molecular flexibility index (Phi) is 4.46. The summed E-state index contributed by atoms with van der Waals surface area (Å²) < 4.78 is 5.10. The van der Waals surface area contributed by atoms with Crippen LogP contribution in [0, 0.1) is 0 Å². The summed E-state index contributed by atoms with van der Waals surface area (Å²) in [4.78, 5) is 13.8. The van der Waals surface area contributed by atoms with E-state index in [1.165, 1.54) is 5.56 Å². The van der Waals surface area contributed by atoms with Crippen molar-refractivity contribution >= 4 is 11.0 Å². The van der Waals surface area contributed by atoms with Crippen LogP contribution in [-0.2, 0) is 11.3 Å². The molecule has 0 radical (unpaired) electrons. The molecule has 0 fully saturated rings. The second-order valence-electron chi connectivity index (χ2n) is 5.44. The van der Waals surface area contributed by atoms with Crippen LogP contribution < -0.4 is 0 Å². The van der Waals surface area contributed by atoms with Crippen LogP contribution >= 0.6 is 0 Å². The Balaban J connectivity index is 1.73. The van der Waals surface area contributed by atoms with Gasteiger partial charge in [0.25, 0.3) is 0 Å². The number of H-pyrrole nitrogens is 1. The van der Waals surface area contributed by atoms with Crippen molar-refractivity contribution in [3.05, 3.63) is 48.4 Å². The van der Waals surface area contributed by atoms with E-state index in [4.69, 9.17) is 4.74 Å². The van der Waals surface area contributed by atoms with Gasteiger partial charge in [0.1, 0.15) is 12.0 Å². The van der Waals surface area contributed by atoms with Crippen molar-refractivity contribution in [3.63, 3.8) is 0 Å². The number of benzene rings is 1. The number of rotatable bonds is 6. The molecule has 0 aliphatic rings. The molecule has 0 bridgehead atoms. The van der Waals surface area contributed by atoms with Crippen LogP contribution in [-0.4, -0.2) is 47.2 Å². The highest BCUT2D eigenvalue weighted by atomic mass is 16.5. The first-order chi connectivity index (χ1) is 10.8. The van der Waals surface area contributed by atoms with Gasteiger partial charge in [0.2, 0.25) is 0 Å². The molecule has 114 valence electrons. The number of hydrogen-bond acceptors (Lipinski definition) is 4. The number of nitrogens with zero attached hydrogens (tertiary/aromatic N) is 3. The van der Waals surface area contributed by atoms with E-state index in [2.05, 4.69) is 57.2 Å². The molecule has 2 aromatic heterocycles. The molecule has 1 aromatic carbocycles. The molecule has 0 aliphatic heterocycles. The third kappa shape index (κ3) is 3.32. The average Bonchev–Trinajstić information content (AvgIpc) is 2.97. The molecule has 0 saturated carbocycles. The summed E-state index contributed by atoms with van der Waals surface area (Å²) in [5, 5.41) is 1.03. The summed E-state index contributed by atoms with van der Waals surface area (Å²) >= 11 is 0. The molecular formula is C17H20N4O. The van der Waals surface area contributed by atoms with Gasteiger partial charge in [0.05, 0.1) is 6.61 Å². The molecule has 3 aromatic rings. The lowest BCUT2D eigenvalue weighted by Crippen LogP contribution is -2.22. The molecule has 3 rings (SSSR count). The number of methoxy groups -OCH3 is 1. The maximum atomic E-state index is 5.10. The first-order valence-electron chi connectivity index (χ1n) is 7.32.